The van der Waals surface area contributed by atoms with Crippen LogP contribution in [0.25, 0.3) is 54.9 Å². The zero-order valence-corrected chi connectivity index (χ0v) is 25.5. The zero-order valence-electron chi connectivity index (χ0n) is 23.2. The van der Waals surface area contributed by atoms with Crippen LogP contribution in [-0.4, -0.2) is 24.1 Å². The molecule has 0 atom stereocenters. The topological polar surface area (TPSA) is 57.2 Å². The molecule has 8 rings (SSSR count). The average Bonchev–Trinajstić information content (AvgIpc) is 3.60. The first-order chi connectivity index (χ1) is 20.0. The van der Waals surface area contributed by atoms with Crippen molar-refractivity contribution in [2.24, 2.45) is 0 Å². The molecule has 0 saturated heterocycles. The van der Waals surface area contributed by atoms with Gasteiger partial charge >= 0.3 is 21.1 Å². The summed E-state index contributed by atoms with van der Waals surface area (Å²) in [6.07, 6.45) is 3.46. The Morgan fingerprint density at radius 1 is 0.714 bits per heavy atom. The van der Waals surface area contributed by atoms with Crippen molar-refractivity contribution in [1.82, 2.24) is 24.1 Å². The van der Waals surface area contributed by atoms with Crippen LogP contribution in [0.15, 0.2) is 97.5 Å². The number of para-hydroxylation sites is 2. The summed E-state index contributed by atoms with van der Waals surface area (Å²) in [5.74, 6) is 2.04. The van der Waals surface area contributed by atoms with Gasteiger partial charge in [0.25, 0.3) is 0 Å². The van der Waals surface area contributed by atoms with Gasteiger partial charge < -0.3 is 9.30 Å². The summed E-state index contributed by atoms with van der Waals surface area (Å²) in [5, 5.41) is 9.69. The molecule has 0 bridgehead atoms. The minimum absolute atomic E-state index is 0. The van der Waals surface area contributed by atoms with E-state index in [1.807, 2.05) is 35.0 Å². The predicted octanol–water partition coefficient (Wildman–Crippen LogP) is 8.22. The Hall–Kier alpha value is -4.54. The fourth-order valence-electron chi connectivity index (χ4n) is 5.71. The number of fused-ring (bicyclic) bond motifs is 9. The van der Waals surface area contributed by atoms with Crippen molar-refractivity contribution < 1.29 is 25.8 Å². The molecule has 0 aliphatic rings. The predicted molar refractivity (Wildman–Crippen MR) is 163 cm³/mol. The van der Waals surface area contributed by atoms with Crippen LogP contribution in [-0.2, 0) is 26.5 Å². The Morgan fingerprint density at radius 2 is 1.40 bits per heavy atom. The van der Waals surface area contributed by atoms with Gasteiger partial charge in [0.1, 0.15) is 12.1 Å². The Balaban J connectivity index is 0.00000288. The van der Waals surface area contributed by atoms with E-state index < -0.39 is 0 Å². The van der Waals surface area contributed by atoms with E-state index in [0.717, 1.165) is 54.9 Å². The van der Waals surface area contributed by atoms with Gasteiger partial charge in [-0.1, -0.05) is 79.5 Å². The van der Waals surface area contributed by atoms with E-state index in [1.54, 1.807) is 6.33 Å². The van der Waals surface area contributed by atoms with Crippen molar-refractivity contribution in [2.75, 3.05) is 0 Å². The molecule has 0 unspecified atom stereocenters. The van der Waals surface area contributed by atoms with Gasteiger partial charge in [0.05, 0.1) is 11.2 Å². The fraction of sp³-hybridized carbons (Fsp3) is 0.114. The maximum atomic E-state index is 6.39. The van der Waals surface area contributed by atoms with Gasteiger partial charge in [-0.15, -0.1) is 29.7 Å². The van der Waals surface area contributed by atoms with Crippen LogP contribution < -0.4 is 4.74 Å². The van der Waals surface area contributed by atoms with Crippen molar-refractivity contribution in [1.29, 1.82) is 0 Å². The molecule has 0 spiro atoms. The molecule has 7 heteroatoms. The molecule has 0 radical (unpaired) electrons. The molecule has 4 aromatic heterocycles. The van der Waals surface area contributed by atoms with Gasteiger partial charge in [-0.25, -0.2) is 4.98 Å². The van der Waals surface area contributed by atoms with E-state index in [4.69, 9.17) is 9.72 Å². The largest absolute Gasteiger partial charge is 2.00 e. The van der Waals surface area contributed by atoms with Gasteiger partial charge in [-0.2, -0.15) is 11.2 Å². The van der Waals surface area contributed by atoms with Crippen molar-refractivity contribution in [3.05, 3.63) is 115 Å². The summed E-state index contributed by atoms with van der Waals surface area (Å²) in [5.41, 5.74) is 4.96. The average molecular weight is 727 g/mol. The van der Waals surface area contributed by atoms with Crippen molar-refractivity contribution in [2.45, 2.75) is 26.2 Å². The van der Waals surface area contributed by atoms with Crippen LogP contribution in [0.4, 0.5) is 0 Å². The van der Waals surface area contributed by atoms with E-state index in [1.165, 1.54) is 5.56 Å². The Kier molecular flexibility index (Phi) is 6.14. The number of benzene rings is 4. The molecular weight excluding hydrogens is 701 g/mol. The first-order valence-corrected chi connectivity index (χ1v) is 13.6. The second-order valence-corrected chi connectivity index (χ2v) is 11.3. The van der Waals surface area contributed by atoms with E-state index >= 15 is 0 Å². The van der Waals surface area contributed by atoms with Gasteiger partial charge in [0, 0.05) is 23.2 Å². The normalized spacial score (nSPS) is 12.0. The number of hydrogen-bond acceptors (Lipinski definition) is 4. The van der Waals surface area contributed by atoms with Gasteiger partial charge in [-0.3, -0.25) is 9.50 Å². The fourth-order valence-corrected chi connectivity index (χ4v) is 5.71. The van der Waals surface area contributed by atoms with E-state index in [2.05, 4.69) is 108 Å². The third kappa shape index (κ3) is 4.09. The summed E-state index contributed by atoms with van der Waals surface area (Å²) >= 11 is 0. The molecule has 0 amide bonds. The monoisotopic (exact) mass is 726 g/mol. The maximum absolute atomic E-state index is 6.39. The van der Waals surface area contributed by atoms with Crippen LogP contribution in [0, 0.1) is 12.1 Å². The van der Waals surface area contributed by atoms with Crippen LogP contribution in [0.1, 0.15) is 26.3 Å². The first kappa shape index (κ1) is 26.4. The zero-order chi connectivity index (χ0) is 27.7. The molecule has 8 aromatic rings. The molecule has 0 fully saturated rings. The van der Waals surface area contributed by atoms with Gasteiger partial charge in [-0.05, 0) is 46.0 Å². The molecule has 0 aliphatic heterocycles. The third-order valence-corrected chi connectivity index (χ3v) is 7.73. The molecule has 0 N–H and O–H groups in total. The molecule has 42 heavy (non-hydrogen) atoms. The second kappa shape index (κ2) is 9.78. The van der Waals surface area contributed by atoms with Crippen LogP contribution in [0.5, 0.6) is 11.5 Å². The third-order valence-electron chi connectivity index (χ3n) is 7.73. The number of nitrogens with zero attached hydrogens (tertiary/aromatic N) is 5. The minimum atomic E-state index is 0. The standard InChI is InChI=1S/C35H25N5O.Pt/c1-35(2,3)22-16-17-36-33(18-22)39-30-10-6-4-9-27(30)28-15-13-24(20-32(28)39)41-23-12-14-25-26-8-5-7-11-31(26)40-34(29(25)19-23)37-21-38-40;/h4-18,21H,1-3H3;/q-2;+2. The number of rotatable bonds is 3. The Labute approximate surface area is 256 Å². The number of aromatic nitrogens is 5. The summed E-state index contributed by atoms with van der Waals surface area (Å²) in [6.45, 7) is 6.64. The molecule has 206 valence electrons. The number of pyridine rings is 2. The maximum Gasteiger partial charge on any atom is 2.00 e. The van der Waals surface area contributed by atoms with Crippen molar-refractivity contribution in [3.63, 3.8) is 0 Å². The van der Waals surface area contributed by atoms with Crippen molar-refractivity contribution >= 4 is 49.1 Å². The van der Waals surface area contributed by atoms with Crippen LogP contribution in [0.3, 0.4) is 0 Å². The van der Waals surface area contributed by atoms with E-state index in [0.29, 0.717) is 11.5 Å². The molecule has 0 aliphatic carbocycles. The minimum Gasteiger partial charge on any atom is -0.503 e. The second-order valence-electron chi connectivity index (χ2n) is 11.3. The summed E-state index contributed by atoms with van der Waals surface area (Å²) in [7, 11) is 0. The summed E-state index contributed by atoms with van der Waals surface area (Å²) in [6, 6.07) is 35.9. The molecule has 4 heterocycles. The number of hydrogen-bond donors (Lipinski definition) is 0. The molecule has 6 nitrogen and oxygen atoms in total. The molecule has 0 saturated carbocycles. The summed E-state index contributed by atoms with van der Waals surface area (Å²) < 4.78 is 10.4. The molecule has 4 aromatic carbocycles. The first-order valence-electron chi connectivity index (χ1n) is 13.6. The van der Waals surface area contributed by atoms with Crippen LogP contribution >= 0.6 is 0 Å². The van der Waals surface area contributed by atoms with Gasteiger partial charge in [0.2, 0.25) is 0 Å². The molecular formula is C35H25N5OPt. The van der Waals surface area contributed by atoms with E-state index in [-0.39, 0.29) is 26.5 Å². The number of ether oxygens (including phenoxy) is 1. The van der Waals surface area contributed by atoms with E-state index in [9.17, 15) is 0 Å². The van der Waals surface area contributed by atoms with Crippen molar-refractivity contribution in [3.8, 4) is 17.3 Å². The Bertz CT molecular complexity index is 2290. The SMILES string of the molecule is CC(C)(C)c1ccnc(-n2c3[c-]c(Oc4[c-]c5c(cc4)c4ccccc4n4ncnc54)ccc3c3ccccc32)c1.[Pt+2]. The van der Waals surface area contributed by atoms with Crippen LogP contribution in [0.2, 0.25) is 0 Å². The van der Waals surface area contributed by atoms with Gasteiger partial charge in [0.15, 0.2) is 0 Å². The Morgan fingerprint density at radius 3 is 2.19 bits per heavy atom. The summed E-state index contributed by atoms with van der Waals surface area (Å²) in [4.78, 5) is 9.30. The quantitative estimate of drug-likeness (QED) is 0.136. The smallest absolute Gasteiger partial charge is 0.503 e.